The zero-order valence-electron chi connectivity index (χ0n) is 11.5. The molecule has 0 radical (unpaired) electrons. The van der Waals surface area contributed by atoms with Crippen LogP contribution < -0.4 is 5.30 Å². The van der Waals surface area contributed by atoms with Crippen LogP contribution in [0.5, 0.6) is 0 Å². The number of azo groups is 1. The van der Waals surface area contributed by atoms with Crippen molar-refractivity contribution in [2.75, 3.05) is 0 Å². The molecule has 3 aromatic carbocycles. The van der Waals surface area contributed by atoms with Crippen LogP contribution in [0, 0.1) is 0 Å². The van der Waals surface area contributed by atoms with Gasteiger partial charge in [0.1, 0.15) is 5.69 Å². The highest BCUT2D eigenvalue weighted by Gasteiger charge is 2.20. The van der Waals surface area contributed by atoms with E-state index in [0.717, 1.165) is 10.8 Å². The van der Waals surface area contributed by atoms with Crippen molar-refractivity contribution in [2.24, 2.45) is 10.2 Å². The van der Waals surface area contributed by atoms with E-state index >= 15 is 0 Å². The number of hydrogen-bond acceptors (Lipinski definition) is 3. The van der Waals surface area contributed by atoms with E-state index in [1.807, 2.05) is 42.5 Å². The molecule has 0 aliphatic rings. The van der Waals surface area contributed by atoms with Gasteiger partial charge in [0.05, 0.1) is 11.0 Å². The average molecular weight is 312 g/mol. The van der Waals surface area contributed by atoms with E-state index in [0.29, 0.717) is 5.69 Å². The van der Waals surface area contributed by atoms with Gasteiger partial charge in [0.25, 0.3) is 0 Å². The van der Waals surface area contributed by atoms with E-state index < -0.39 is 7.60 Å². The number of nitrogens with zero attached hydrogens (tertiary/aromatic N) is 2. The maximum absolute atomic E-state index is 11.5. The molecule has 0 saturated heterocycles. The van der Waals surface area contributed by atoms with Gasteiger partial charge >= 0.3 is 7.60 Å². The third-order valence-corrected chi connectivity index (χ3v) is 4.23. The molecule has 5 nitrogen and oxygen atoms in total. The lowest BCUT2D eigenvalue weighted by Gasteiger charge is -2.06. The molecule has 0 bridgehead atoms. The van der Waals surface area contributed by atoms with Gasteiger partial charge in [-0.25, -0.2) is 0 Å². The van der Waals surface area contributed by atoms with Crippen molar-refractivity contribution in [1.82, 2.24) is 0 Å². The van der Waals surface area contributed by atoms with Crippen molar-refractivity contribution in [2.45, 2.75) is 0 Å². The fraction of sp³-hybridized carbons (Fsp3) is 0. The molecule has 0 aliphatic heterocycles. The van der Waals surface area contributed by atoms with Crippen LogP contribution in [0.15, 0.2) is 77.0 Å². The van der Waals surface area contributed by atoms with E-state index in [9.17, 15) is 14.4 Å². The van der Waals surface area contributed by atoms with Crippen LogP contribution in [0.25, 0.3) is 10.8 Å². The molecule has 6 heteroatoms. The number of benzene rings is 3. The van der Waals surface area contributed by atoms with Gasteiger partial charge in [0.2, 0.25) is 0 Å². The third kappa shape index (κ3) is 2.97. The van der Waals surface area contributed by atoms with Crippen molar-refractivity contribution >= 4 is 35.0 Å². The molecule has 0 spiro atoms. The van der Waals surface area contributed by atoms with Crippen LogP contribution in [0.4, 0.5) is 11.4 Å². The Morgan fingerprint density at radius 1 is 0.727 bits per heavy atom. The van der Waals surface area contributed by atoms with E-state index in [4.69, 9.17) is 0 Å². The molecule has 0 amide bonds. The summed E-state index contributed by atoms with van der Waals surface area (Å²) in [5, 5.41) is 10.0. The summed E-state index contributed by atoms with van der Waals surface area (Å²) in [4.78, 5) is 18.7. The molecule has 110 valence electrons. The Hall–Kier alpha value is -2.33. The topological polar surface area (TPSA) is 82.2 Å². The Balaban J connectivity index is 2.07. The van der Waals surface area contributed by atoms with Crippen molar-refractivity contribution in [3.05, 3.63) is 66.7 Å². The molecule has 0 unspecified atom stereocenters. The molecule has 3 rings (SSSR count). The zero-order valence-corrected chi connectivity index (χ0v) is 12.4. The fourth-order valence-electron chi connectivity index (χ4n) is 2.20. The van der Waals surface area contributed by atoms with E-state index in [-0.39, 0.29) is 11.0 Å². The molecule has 0 aliphatic carbocycles. The first-order valence-corrected chi connectivity index (χ1v) is 8.21. The second-order valence-electron chi connectivity index (χ2n) is 4.73. The second-order valence-corrected chi connectivity index (χ2v) is 6.30. The first-order chi connectivity index (χ1) is 10.6. The Labute approximate surface area is 127 Å². The minimum atomic E-state index is -4.38. The molecule has 22 heavy (non-hydrogen) atoms. The van der Waals surface area contributed by atoms with E-state index in [1.165, 1.54) is 12.1 Å². The predicted octanol–water partition coefficient (Wildman–Crippen LogP) is 4.06. The lowest BCUT2D eigenvalue weighted by Crippen LogP contribution is -2.03. The Morgan fingerprint density at radius 2 is 1.32 bits per heavy atom. The SMILES string of the molecule is O=P(O)(O)c1ccccc1/N=N/c1cccc2ccccc12. The minimum Gasteiger partial charge on any atom is -0.321 e. The Bertz CT molecular complexity index is 897. The molecule has 0 fully saturated rings. The quantitative estimate of drug-likeness (QED) is 0.565. The lowest BCUT2D eigenvalue weighted by molar-refractivity contribution is 0.387. The van der Waals surface area contributed by atoms with Crippen molar-refractivity contribution < 1.29 is 14.4 Å². The summed E-state index contributed by atoms with van der Waals surface area (Å²) in [6.07, 6.45) is 0. The van der Waals surface area contributed by atoms with Gasteiger partial charge in [-0.3, -0.25) is 4.57 Å². The summed E-state index contributed by atoms with van der Waals surface area (Å²) in [5.74, 6) is 0. The maximum Gasteiger partial charge on any atom is 0.358 e. The highest BCUT2D eigenvalue weighted by Crippen LogP contribution is 2.37. The van der Waals surface area contributed by atoms with Crippen molar-refractivity contribution in [3.63, 3.8) is 0 Å². The summed E-state index contributed by atoms with van der Waals surface area (Å²) in [7, 11) is -4.38. The monoisotopic (exact) mass is 312 g/mol. The molecular formula is C16H13N2O3P. The molecule has 0 aromatic heterocycles. The van der Waals surface area contributed by atoms with Gasteiger partial charge < -0.3 is 9.79 Å². The first-order valence-electron chi connectivity index (χ1n) is 6.60. The fourth-order valence-corrected chi connectivity index (χ4v) is 2.90. The molecule has 0 saturated carbocycles. The normalized spacial score (nSPS) is 12.1. The van der Waals surface area contributed by atoms with Crippen LogP contribution in [-0.4, -0.2) is 9.79 Å². The van der Waals surface area contributed by atoms with Gasteiger partial charge in [0, 0.05) is 5.39 Å². The van der Waals surface area contributed by atoms with Gasteiger partial charge in [-0.15, -0.1) is 10.2 Å². The van der Waals surface area contributed by atoms with Gasteiger partial charge in [0.15, 0.2) is 0 Å². The van der Waals surface area contributed by atoms with Crippen LogP contribution in [0.3, 0.4) is 0 Å². The van der Waals surface area contributed by atoms with Crippen molar-refractivity contribution in [3.8, 4) is 0 Å². The van der Waals surface area contributed by atoms with Crippen LogP contribution >= 0.6 is 7.60 Å². The minimum absolute atomic E-state index is 0.126. The first kappa shape index (κ1) is 14.6. The van der Waals surface area contributed by atoms with Gasteiger partial charge in [-0.2, -0.15) is 0 Å². The maximum atomic E-state index is 11.5. The van der Waals surface area contributed by atoms with Crippen LogP contribution in [-0.2, 0) is 4.57 Å². The molecule has 0 atom stereocenters. The molecule has 2 N–H and O–H groups in total. The Kier molecular flexibility index (Phi) is 3.86. The predicted molar refractivity (Wildman–Crippen MR) is 86.2 cm³/mol. The molecule has 0 heterocycles. The standard InChI is InChI=1S/C16H13N2O3P/c19-22(20,21)16-11-4-3-9-15(16)18-17-14-10-5-7-12-6-1-2-8-13(12)14/h1-11H,(H2,19,20,21)/b18-17+. The van der Waals surface area contributed by atoms with Crippen LogP contribution in [0.1, 0.15) is 0 Å². The third-order valence-electron chi connectivity index (χ3n) is 3.23. The largest absolute Gasteiger partial charge is 0.358 e. The average Bonchev–Trinajstić information content (AvgIpc) is 2.52. The number of hydrogen-bond donors (Lipinski definition) is 2. The van der Waals surface area contributed by atoms with E-state index in [2.05, 4.69) is 10.2 Å². The zero-order chi connectivity index (χ0) is 15.6. The highest BCUT2D eigenvalue weighted by molar-refractivity contribution is 7.60. The van der Waals surface area contributed by atoms with E-state index in [1.54, 1.807) is 12.1 Å². The molecular weight excluding hydrogens is 299 g/mol. The summed E-state index contributed by atoms with van der Waals surface area (Å²) in [6, 6.07) is 19.5. The number of rotatable bonds is 3. The van der Waals surface area contributed by atoms with Crippen molar-refractivity contribution in [1.29, 1.82) is 0 Å². The highest BCUT2D eigenvalue weighted by atomic mass is 31.2. The number of fused-ring (bicyclic) bond motifs is 1. The van der Waals surface area contributed by atoms with Gasteiger partial charge in [-0.05, 0) is 23.6 Å². The van der Waals surface area contributed by atoms with Gasteiger partial charge in [-0.1, -0.05) is 48.5 Å². The summed E-state index contributed by atoms with van der Waals surface area (Å²) < 4.78 is 11.5. The van der Waals surface area contributed by atoms with Crippen LogP contribution in [0.2, 0.25) is 0 Å². The summed E-state index contributed by atoms with van der Waals surface area (Å²) >= 11 is 0. The Morgan fingerprint density at radius 3 is 2.14 bits per heavy atom. The smallest absolute Gasteiger partial charge is 0.321 e. The molecule has 3 aromatic rings. The lowest BCUT2D eigenvalue weighted by atomic mass is 10.1. The second kappa shape index (κ2) is 5.81. The summed E-state index contributed by atoms with van der Waals surface area (Å²) in [5.41, 5.74) is 0.822. The summed E-state index contributed by atoms with van der Waals surface area (Å²) in [6.45, 7) is 0.